The van der Waals surface area contributed by atoms with Gasteiger partial charge >= 0.3 is 0 Å². The lowest BCUT2D eigenvalue weighted by Gasteiger charge is -2.34. The van der Waals surface area contributed by atoms with Gasteiger partial charge in [-0.15, -0.1) is 0 Å². The molecule has 2 aromatic rings. The second-order valence-corrected chi connectivity index (χ2v) is 7.04. The van der Waals surface area contributed by atoms with E-state index in [2.05, 4.69) is 38.8 Å². The van der Waals surface area contributed by atoms with Gasteiger partial charge in [0.25, 0.3) is 5.95 Å². The number of nitrogens with zero attached hydrogens (tertiary/aromatic N) is 6. The molecule has 0 bridgehead atoms. The largest absolute Gasteiger partial charge is 0.338 e. The molecule has 1 fully saturated rings. The lowest BCUT2D eigenvalue weighted by Crippen LogP contribution is -2.41. The molecule has 0 saturated carbocycles. The van der Waals surface area contributed by atoms with Gasteiger partial charge in [-0.1, -0.05) is 13.8 Å². The van der Waals surface area contributed by atoms with E-state index in [9.17, 15) is 0 Å². The van der Waals surface area contributed by atoms with Gasteiger partial charge in [0.05, 0.1) is 0 Å². The third-order valence-electron chi connectivity index (χ3n) is 3.00. The van der Waals surface area contributed by atoms with Crippen molar-refractivity contribution in [3.8, 4) is 5.95 Å². The Balaban J connectivity index is 1.93. The maximum absolute atomic E-state index is 6.02. The minimum Gasteiger partial charge on any atom is -0.338 e. The van der Waals surface area contributed by atoms with Gasteiger partial charge < -0.3 is 4.90 Å². The Bertz CT molecular complexity index is 580. The average Bonchev–Trinajstić information content (AvgIpc) is 2.90. The molecule has 0 aromatic carbocycles. The molecule has 2 aromatic heterocycles. The zero-order valence-corrected chi connectivity index (χ0v) is 12.8. The SMILES string of the molecule is CC1CN(c2nc(Cl)nc(-n3cccn3)n2)CC(C)S1. The Kier molecular flexibility index (Phi) is 3.80. The van der Waals surface area contributed by atoms with Crippen molar-refractivity contribution in [1.29, 1.82) is 0 Å². The van der Waals surface area contributed by atoms with Crippen LogP contribution in [0.25, 0.3) is 5.95 Å². The second kappa shape index (κ2) is 5.57. The van der Waals surface area contributed by atoms with Gasteiger partial charge in [-0.05, 0) is 17.7 Å². The van der Waals surface area contributed by atoms with E-state index < -0.39 is 0 Å². The van der Waals surface area contributed by atoms with E-state index in [1.165, 1.54) is 0 Å². The van der Waals surface area contributed by atoms with Crippen molar-refractivity contribution in [2.24, 2.45) is 0 Å². The predicted octanol–water partition coefficient (Wildman–Crippen LogP) is 2.04. The summed E-state index contributed by atoms with van der Waals surface area (Å²) in [5, 5.41) is 5.41. The van der Waals surface area contributed by atoms with Crippen LogP contribution in [0, 0.1) is 0 Å². The Morgan fingerprint density at radius 3 is 2.50 bits per heavy atom. The van der Waals surface area contributed by atoms with Gasteiger partial charge in [0, 0.05) is 36.0 Å². The monoisotopic (exact) mass is 310 g/mol. The normalized spacial score (nSPS) is 23.1. The number of rotatable bonds is 2. The fourth-order valence-electron chi connectivity index (χ4n) is 2.30. The molecule has 0 amide bonds. The molecule has 1 saturated heterocycles. The summed E-state index contributed by atoms with van der Waals surface area (Å²) in [5.74, 6) is 1.07. The standard InChI is InChI=1S/C12H15ClN6S/c1-8-6-18(7-9(2)20-8)11-15-10(13)16-12(17-11)19-5-3-4-14-19/h3-5,8-9H,6-7H2,1-2H3. The van der Waals surface area contributed by atoms with Crippen molar-refractivity contribution in [3.63, 3.8) is 0 Å². The first kappa shape index (κ1) is 13.6. The summed E-state index contributed by atoms with van der Waals surface area (Å²) in [5.41, 5.74) is 0. The van der Waals surface area contributed by atoms with E-state index in [-0.39, 0.29) is 5.28 Å². The zero-order chi connectivity index (χ0) is 14.1. The van der Waals surface area contributed by atoms with E-state index >= 15 is 0 Å². The maximum Gasteiger partial charge on any atom is 0.256 e. The maximum atomic E-state index is 6.02. The van der Waals surface area contributed by atoms with Gasteiger partial charge in [0.2, 0.25) is 11.2 Å². The fourth-order valence-corrected chi connectivity index (χ4v) is 3.78. The number of hydrogen-bond acceptors (Lipinski definition) is 6. The first-order chi connectivity index (χ1) is 9.61. The summed E-state index contributed by atoms with van der Waals surface area (Å²) < 4.78 is 1.59. The fraction of sp³-hybridized carbons (Fsp3) is 0.500. The number of thioether (sulfide) groups is 1. The van der Waals surface area contributed by atoms with Gasteiger partial charge in [-0.25, -0.2) is 4.68 Å². The molecular formula is C12H15ClN6S. The summed E-state index contributed by atoms with van der Waals surface area (Å²) in [6.45, 7) is 6.25. The smallest absolute Gasteiger partial charge is 0.256 e. The van der Waals surface area contributed by atoms with Crippen LogP contribution in [0.3, 0.4) is 0 Å². The van der Waals surface area contributed by atoms with Crippen LogP contribution in [0.2, 0.25) is 5.28 Å². The predicted molar refractivity (Wildman–Crippen MR) is 80.7 cm³/mol. The summed E-state index contributed by atoms with van der Waals surface area (Å²) in [6.07, 6.45) is 3.46. The van der Waals surface area contributed by atoms with E-state index in [4.69, 9.17) is 11.6 Å². The minimum atomic E-state index is 0.194. The molecule has 6 nitrogen and oxygen atoms in total. The molecule has 20 heavy (non-hydrogen) atoms. The number of aromatic nitrogens is 5. The van der Waals surface area contributed by atoms with Crippen molar-refractivity contribution in [1.82, 2.24) is 24.7 Å². The van der Waals surface area contributed by atoms with Crippen LogP contribution in [0.1, 0.15) is 13.8 Å². The van der Waals surface area contributed by atoms with E-state index in [1.54, 1.807) is 17.1 Å². The molecule has 2 atom stereocenters. The van der Waals surface area contributed by atoms with Crippen LogP contribution < -0.4 is 4.90 Å². The lowest BCUT2D eigenvalue weighted by atomic mass is 10.3. The van der Waals surface area contributed by atoms with Crippen LogP contribution in [-0.4, -0.2) is 48.3 Å². The Morgan fingerprint density at radius 1 is 1.15 bits per heavy atom. The minimum absolute atomic E-state index is 0.194. The molecule has 8 heteroatoms. The summed E-state index contributed by atoms with van der Waals surface area (Å²) in [4.78, 5) is 15.0. The van der Waals surface area contributed by atoms with Gasteiger partial charge in [-0.3, -0.25) is 0 Å². The van der Waals surface area contributed by atoms with Crippen LogP contribution in [0.15, 0.2) is 18.5 Å². The molecular weight excluding hydrogens is 296 g/mol. The van der Waals surface area contributed by atoms with E-state index in [0.717, 1.165) is 13.1 Å². The molecule has 0 aliphatic carbocycles. The highest BCUT2D eigenvalue weighted by molar-refractivity contribution is 8.00. The molecule has 3 heterocycles. The highest BCUT2D eigenvalue weighted by Gasteiger charge is 2.25. The van der Waals surface area contributed by atoms with Crippen LogP contribution in [0.5, 0.6) is 0 Å². The Morgan fingerprint density at radius 2 is 1.85 bits per heavy atom. The van der Waals surface area contributed by atoms with E-state index in [0.29, 0.717) is 22.4 Å². The van der Waals surface area contributed by atoms with Crippen molar-refractivity contribution < 1.29 is 0 Å². The lowest BCUT2D eigenvalue weighted by molar-refractivity contribution is 0.693. The molecule has 0 spiro atoms. The van der Waals surface area contributed by atoms with Gasteiger partial charge in [-0.2, -0.15) is 31.8 Å². The highest BCUT2D eigenvalue weighted by Crippen LogP contribution is 2.27. The first-order valence-electron chi connectivity index (χ1n) is 6.44. The molecule has 0 N–H and O–H groups in total. The third kappa shape index (κ3) is 2.88. The Hall–Kier alpha value is -1.34. The highest BCUT2D eigenvalue weighted by atomic mass is 35.5. The summed E-state index contributed by atoms with van der Waals surface area (Å²) in [7, 11) is 0. The van der Waals surface area contributed by atoms with Crippen LogP contribution in [0.4, 0.5) is 5.95 Å². The molecule has 1 aliphatic heterocycles. The first-order valence-corrected chi connectivity index (χ1v) is 7.76. The molecule has 2 unspecified atom stereocenters. The quantitative estimate of drug-likeness (QED) is 0.846. The van der Waals surface area contributed by atoms with Crippen molar-refractivity contribution >= 4 is 29.3 Å². The topological polar surface area (TPSA) is 59.7 Å². The summed E-state index contributed by atoms with van der Waals surface area (Å²) in [6, 6.07) is 1.82. The van der Waals surface area contributed by atoms with Gasteiger partial charge in [0.1, 0.15) is 0 Å². The number of hydrogen-bond donors (Lipinski definition) is 0. The number of anilines is 1. The molecule has 1 aliphatic rings. The second-order valence-electron chi connectivity index (χ2n) is 4.82. The third-order valence-corrected chi connectivity index (χ3v) is 4.39. The number of halogens is 1. The summed E-state index contributed by atoms with van der Waals surface area (Å²) >= 11 is 8.01. The van der Waals surface area contributed by atoms with Crippen molar-refractivity contribution in [2.75, 3.05) is 18.0 Å². The Labute approximate surface area is 126 Å². The molecule has 3 rings (SSSR count). The average molecular weight is 311 g/mol. The molecule has 0 radical (unpaired) electrons. The van der Waals surface area contributed by atoms with Crippen molar-refractivity contribution in [3.05, 3.63) is 23.7 Å². The molecule has 106 valence electrons. The van der Waals surface area contributed by atoms with Gasteiger partial charge in [0.15, 0.2) is 0 Å². The van der Waals surface area contributed by atoms with Crippen molar-refractivity contribution in [2.45, 2.75) is 24.3 Å². The van der Waals surface area contributed by atoms with Crippen LogP contribution >= 0.6 is 23.4 Å². The van der Waals surface area contributed by atoms with Crippen LogP contribution in [-0.2, 0) is 0 Å². The zero-order valence-electron chi connectivity index (χ0n) is 11.3. The van der Waals surface area contributed by atoms with E-state index in [1.807, 2.05) is 17.8 Å².